The average molecular weight is 244 g/mol. The van der Waals surface area contributed by atoms with Crippen LogP contribution >= 0.6 is 0 Å². The molecule has 2 rings (SSSR count). The van der Waals surface area contributed by atoms with E-state index in [0.29, 0.717) is 6.61 Å². The Hall–Kier alpha value is -1.54. The predicted octanol–water partition coefficient (Wildman–Crippen LogP) is 4.10. The number of hydrogen-bond acceptors (Lipinski definition) is 2. The van der Waals surface area contributed by atoms with Crippen LogP contribution in [0.3, 0.4) is 0 Å². The SMILES string of the molecule is CCOC/C=C(/Oc1ccccc1)C1=CCCC1. The van der Waals surface area contributed by atoms with Crippen LogP contribution in [0.4, 0.5) is 0 Å². The van der Waals surface area contributed by atoms with Gasteiger partial charge in [-0.05, 0) is 50.0 Å². The van der Waals surface area contributed by atoms with Crippen molar-refractivity contribution < 1.29 is 9.47 Å². The number of ether oxygens (including phenoxy) is 2. The largest absolute Gasteiger partial charge is 0.457 e. The van der Waals surface area contributed by atoms with Gasteiger partial charge in [-0.15, -0.1) is 0 Å². The van der Waals surface area contributed by atoms with Crippen molar-refractivity contribution in [3.63, 3.8) is 0 Å². The third kappa shape index (κ3) is 3.74. The average Bonchev–Trinajstić information content (AvgIpc) is 2.93. The van der Waals surface area contributed by atoms with Gasteiger partial charge in [-0.3, -0.25) is 0 Å². The molecule has 0 heterocycles. The Labute approximate surface area is 109 Å². The Balaban J connectivity index is 2.07. The highest BCUT2D eigenvalue weighted by molar-refractivity contribution is 5.33. The molecule has 0 amide bonds. The summed E-state index contributed by atoms with van der Waals surface area (Å²) in [5.41, 5.74) is 1.30. The molecule has 1 aliphatic carbocycles. The van der Waals surface area contributed by atoms with Crippen LogP contribution in [0.2, 0.25) is 0 Å². The quantitative estimate of drug-likeness (QED) is 0.554. The van der Waals surface area contributed by atoms with Crippen LogP contribution in [0, 0.1) is 0 Å². The lowest BCUT2D eigenvalue weighted by Gasteiger charge is -2.11. The molecule has 2 nitrogen and oxygen atoms in total. The van der Waals surface area contributed by atoms with Gasteiger partial charge in [-0.25, -0.2) is 0 Å². The van der Waals surface area contributed by atoms with Crippen molar-refractivity contribution in [2.24, 2.45) is 0 Å². The highest BCUT2D eigenvalue weighted by Gasteiger charge is 2.11. The monoisotopic (exact) mass is 244 g/mol. The maximum absolute atomic E-state index is 5.96. The third-order valence-electron chi connectivity index (χ3n) is 2.92. The minimum Gasteiger partial charge on any atom is -0.457 e. The van der Waals surface area contributed by atoms with Gasteiger partial charge in [0.1, 0.15) is 11.5 Å². The van der Waals surface area contributed by atoms with Gasteiger partial charge in [-0.2, -0.15) is 0 Å². The Bertz CT molecular complexity index is 418. The van der Waals surface area contributed by atoms with Gasteiger partial charge >= 0.3 is 0 Å². The molecule has 0 saturated heterocycles. The molecule has 0 aliphatic heterocycles. The Morgan fingerprint density at radius 2 is 2.11 bits per heavy atom. The lowest BCUT2D eigenvalue weighted by Crippen LogP contribution is -2.01. The van der Waals surface area contributed by atoms with Crippen molar-refractivity contribution in [2.45, 2.75) is 26.2 Å². The van der Waals surface area contributed by atoms with E-state index in [4.69, 9.17) is 9.47 Å². The third-order valence-corrected chi connectivity index (χ3v) is 2.92. The zero-order valence-corrected chi connectivity index (χ0v) is 10.9. The first-order valence-corrected chi connectivity index (χ1v) is 6.60. The fourth-order valence-corrected chi connectivity index (χ4v) is 2.00. The first-order valence-electron chi connectivity index (χ1n) is 6.60. The maximum atomic E-state index is 5.96. The lowest BCUT2D eigenvalue weighted by molar-refractivity contribution is 0.175. The molecule has 1 aromatic carbocycles. The van der Waals surface area contributed by atoms with Crippen LogP contribution in [0.1, 0.15) is 26.2 Å². The summed E-state index contributed by atoms with van der Waals surface area (Å²) in [6.07, 6.45) is 7.78. The zero-order valence-electron chi connectivity index (χ0n) is 10.9. The van der Waals surface area contributed by atoms with Crippen LogP contribution in [-0.4, -0.2) is 13.2 Å². The van der Waals surface area contributed by atoms with Gasteiger partial charge in [0.25, 0.3) is 0 Å². The Morgan fingerprint density at radius 1 is 1.28 bits per heavy atom. The van der Waals surface area contributed by atoms with Crippen molar-refractivity contribution >= 4 is 0 Å². The molecule has 0 atom stereocenters. The topological polar surface area (TPSA) is 18.5 Å². The molecule has 0 bridgehead atoms. The summed E-state index contributed by atoms with van der Waals surface area (Å²) in [6, 6.07) is 9.91. The van der Waals surface area contributed by atoms with E-state index in [0.717, 1.165) is 31.0 Å². The van der Waals surface area contributed by atoms with Crippen molar-refractivity contribution in [3.8, 4) is 5.75 Å². The first-order chi connectivity index (χ1) is 8.90. The van der Waals surface area contributed by atoms with Gasteiger partial charge < -0.3 is 9.47 Å². The zero-order chi connectivity index (χ0) is 12.6. The van der Waals surface area contributed by atoms with E-state index in [1.807, 2.05) is 43.3 Å². The fraction of sp³-hybridized carbons (Fsp3) is 0.375. The fourth-order valence-electron chi connectivity index (χ4n) is 2.00. The number of benzene rings is 1. The van der Waals surface area contributed by atoms with Crippen LogP contribution < -0.4 is 4.74 Å². The lowest BCUT2D eigenvalue weighted by atomic mass is 10.2. The van der Waals surface area contributed by atoms with Crippen LogP contribution in [0.5, 0.6) is 5.75 Å². The van der Waals surface area contributed by atoms with Crippen molar-refractivity contribution in [3.05, 3.63) is 53.8 Å². The number of para-hydroxylation sites is 1. The molecular formula is C16H20O2. The van der Waals surface area contributed by atoms with E-state index in [-0.39, 0.29) is 0 Å². The molecule has 0 saturated carbocycles. The standard InChI is InChI=1S/C16H20O2/c1-2-17-13-12-16(14-8-6-7-9-14)18-15-10-4-3-5-11-15/h3-5,8,10-12H,2,6-7,9,13H2,1H3/b16-12+. The smallest absolute Gasteiger partial charge is 0.128 e. The highest BCUT2D eigenvalue weighted by atomic mass is 16.5. The van der Waals surface area contributed by atoms with Gasteiger partial charge in [0.2, 0.25) is 0 Å². The molecule has 1 aromatic rings. The minimum atomic E-state index is 0.607. The van der Waals surface area contributed by atoms with Crippen molar-refractivity contribution in [1.82, 2.24) is 0 Å². The molecule has 0 unspecified atom stereocenters. The molecule has 1 aliphatic rings. The predicted molar refractivity (Wildman–Crippen MR) is 73.6 cm³/mol. The molecule has 0 N–H and O–H groups in total. The van der Waals surface area contributed by atoms with Crippen molar-refractivity contribution in [2.75, 3.05) is 13.2 Å². The summed E-state index contributed by atoms with van der Waals surface area (Å²) in [6.45, 7) is 3.34. The molecular weight excluding hydrogens is 224 g/mol. The number of hydrogen-bond donors (Lipinski definition) is 0. The first kappa shape index (κ1) is 12.9. The molecule has 0 radical (unpaired) electrons. The molecule has 0 aromatic heterocycles. The molecule has 2 heteroatoms. The summed E-state index contributed by atoms with van der Waals surface area (Å²) in [5, 5.41) is 0. The Kier molecular flexibility index (Phi) is 5.03. The van der Waals surface area contributed by atoms with Crippen LogP contribution in [-0.2, 0) is 4.74 Å². The molecule has 0 fully saturated rings. The number of allylic oxidation sites excluding steroid dienone is 2. The minimum absolute atomic E-state index is 0.607. The second-order valence-corrected chi connectivity index (χ2v) is 4.26. The molecule has 0 spiro atoms. The number of rotatable bonds is 6. The van der Waals surface area contributed by atoms with Gasteiger partial charge in [-0.1, -0.05) is 24.3 Å². The maximum Gasteiger partial charge on any atom is 0.128 e. The van der Waals surface area contributed by atoms with E-state index < -0.39 is 0 Å². The molecule has 96 valence electrons. The normalized spacial score (nSPS) is 15.6. The van der Waals surface area contributed by atoms with Gasteiger partial charge in [0, 0.05) is 6.61 Å². The van der Waals surface area contributed by atoms with E-state index >= 15 is 0 Å². The van der Waals surface area contributed by atoms with E-state index in [1.54, 1.807) is 0 Å². The molecule has 18 heavy (non-hydrogen) atoms. The summed E-state index contributed by atoms with van der Waals surface area (Å²) in [7, 11) is 0. The van der Waals surface area contributed by atoms with Crippen LogP contribution in [0.15, 0.2) is 53.8 Å². The summed E-state index contributed by atoms with van der Waals surface area (Å²) in [5.74, 6) is 1.83. The second kappa shape index (κ2) is 7.02. The van der Waals surface area contributed by atoms with Crippen molar-refractivity contribution in [1.29, 1.82) is 0 Å². The summed E-state index contributed by atoms with van der Waals surface area (Å²) in [4.78, 5) is 0. The highest BCUT2D eigenvalue weighted by Crippen LogP contribution is 2.27. The van der Waals surface area contributed by atoms with Crippen LogP contribution in [0.25, 0.3) is 0 Å². The summed E-state index contributed by atoms with van der Waals surface area (Å²) < 4.78 is 11.3. The van der Waals surface area contributed by atoms with E-state index in [2.05, 4.69) is 6.08 Å². The van der Waals surface area contributed by atoms with E-state index in [1.165, 1.54) is 12.0 Å². The van der Waals surface area contributed by atoms with E-state index in [9.17, 15) is 0 Å². The second-order valence-electron chi connectivity index (χ2n) is 4.26. The summed E-state index contributed by atoms with van der Waals surface area (Å²) >= 11 is 0. The van der Waals surface area contributed by atoms with Gasteiger partial charge in [0.05, 0.1) is 6.61 Å². The Morgan fingerprint density at radius 3 is 2.78 bits per heavy atom. The van der Waals surface area contributed by atoms with Gasteiger partial charge in [0.15, 0.2) is 0 Å².